The number of carboxylic acids is 1. The van der Waals surface area contributed by atoms with E-state index in [9.17, 15) is 9.59 Å². The number of hydrogen-bond acceptors (Lipinski definition) is 3. The topological polar surface area (TPSA) is 66.8 Å². The zero-order valence-electron chi connectivity index (χ0n) is 9.60. The van der Waals surface area contributed by atoms with Crippen LogP contribution in [0.5, 0.6) is 0 Å². The smallest absolute Gasteiger partial charge is 0.323 e. The molecule has 0 spiro atoms. The van der Waals surface area contributed by atoms with Gasteiger partial charge in [0.2, 0.25) is 5.91 Å². The van der Waals surface area contributed by atoms with Crippen LogP contribution in [-0.4, -0.2) is 47.7 Å². The van der Waals surface area contributed by atoms with Crippen molar-refractivity contribution >= 4 is 11.9 Å². The molecule has 3 atom stereocenters. The first-order valence-corrected chi connectivity index (χ1v) is 5.56. The molecule has 16 heavy (non-hydrogen) atoms. The minimum absolute atomic E-state index is 0.0266. The van der Waals surface area contributed by atoms with Gasteiger partial charge in [-0.05, 0) is 26.2 Å². The number of carbonyl (C=O) groups is 2. The molecule has 3 unspecified atom stereocenters. The largest absolute Gasteiger partial charge is 0.480 e. The zero-order chi connectivity index (χ0) is 11.9. The predicted molar refractivity (Wildman–Crippen MR) is 55.9 cm³/mol. The maximum Gasteiger partial charge on any atom is 0.323 e. The second-order valence-corrected chi connectivity index (χ2v) is 5.00. The molecule has 5 heteroatoms. The fourth-order valence-corrected chi connectivity index (χ4v) is 2.86. The quantitative estimate of drug-likeness (QED) is 0.761. The third kappa shape index (κ3) is 1.69. The number of rotatable bonds is 3. The molecule has 2 saturated heterocycles. The van der Waals surface area contributed by atoms with Crippen molar-refractivity contribution < 1.29 is 19.4 Å². The fraction of sp³-hybridized carbons (Fsp3) is 0.818. The second kappa shape index (κ2) is 3.73. The van der Waals surface area contributed by atoms with Crippen LogP contribution in [-0.2, 0) is 14.3 Å². The first-order chi connectivity index (χ1) is 7.43. The summed E-state index contributed by atoms with van der Waals surface area (Å²) in [5.41, 5.74) is -0.521. The van der Waals surface area contributed by atoms with Crippen molar-refractivity contribution in [2.45, 2.75) is 38.4 Å². The summed E-state index contributed by atoms with van der Waals surface area (Å²) in [5, 5.41) is 8.67. The van der Waals surface area contributed by atoms with Crippen LogP contribution >= 0.6 is 0 Å². The molecular formula is C11H17NO4. The molecule has 2 fully saturated rings. The van der Waals surface area contributed by atoms with Gasteiger partial charge in [0.25, 0.3) is 0 Å². The predicted octanol–water partition coefficient (Wildman–Crippen LogP) is 0.487. The normalized spacial score (nSPS) is 36.4. The first-order valence-electron chi connectivity index (χ1n) is 5.56. The molecule has 0 radical (unpaired) electrons. The van der Waals surface area contributed by atoms with Gasteiger partial charge in [-0.1, -0.05) is 0 Å². The lowest BCUT2D eigenvalue weighted by Crippen LogP contribution is -2.47. The molecule has 0 aromatic heterocycles. The summed E-state index contributed by atoms with van der Waals surface area (Å²) in [6.45, 7) is 1.64. The van der Waals surface area contributed by atoms with Crippen molar-refractivity contribution in [2.24, 2.45) is 5.41 Å². The minimum atomic E-state index is -0.983. The highest BCUT2D eigenvalue weighted by Crippen LogP contribution is 2.48. The Balaban J connectivity index is 2.07. The van der Waals surface area contributed by atoms with Crippen LogP contribution in [0.3, 0.4) is 0 Å². The molecule has 1 N–H and O–H groups in total. The second-order valence-electron chi connectivity index (χ2n) is 5.00. The van der Waals surface area contributed by atoms with E-state index in [4.69, 9.17) is 9.84 Å². The average molecular weight is 227 g/mol. The number of carboxylic acid groups (broad SMARTS) is 1. The molecule has 2 heterocycles. The van der Waals surface area contributed by atoms with Crippen LogP contribution < -0.4 is 0 Å². The number of amides is 1. The molecule has 90 valence electrons. The molecule has 5 nitrogen and oxygen atoms in total. The summed E-state index contributed by atoms with van der Waals surface area (Å²) < 4.78 is 5.67. The van der Waals surface area contributed by atoms with Crippen molar-refractivity contribution in [3.63, 3.8) is 0 Å². The molecule has 2 rings (SSSR count). The van der Waals surface area contributed by atoms with Crippen LogP contribution in [0.4, 0.5) is 0 Å². The molecule has 0 aliphatic carbocycles. The Morgan fingerprint density at radius 1 is 1.50 bits per heavy atom. The lowest BCUT2D eigenvalue weighted by Gasteiger charge is -2.33. The molecule has 2 aliphatic rings. The van der Waals surface area contributed by atoms with Crippen molar-refractivity contribution in [1.29, 1.82) is 0 Å². The van der Waals surface area contributed by atoms with Crippen molar-refractivity contribution in [2.75, 3.05) is 13.6 Å². The maximum atomic E-state index is 12.2. The summed E-state index contributed by atoms with van der Waals surface area (Å²) >= 11 is 0. The van der Waals surface area contributed by atoms with Crippen molar-refractivity contribution in [3.05, 3.63) is 0 Å². The van der Waals surface area contributed by atoms with E-state index < -0.39 is 11.4 Å². The van der Waals surface area contributed by atoms with Gasteiger partial charge in [-0.25, -0.2) is 0 Å². The van der Waals surface area contributed by atoms with E-state index in [0.717, 1.165) is 19.3 Å². The highest BCUT2D eigenvalue weighted by atomic mass is 16.5. The standard InChI is InChI=1S/C11H17NO4/c1-11(5-7-3-4-8(11)16-7)10(15)12(2)6-9(13)14/h7-8H,3-6H2,1-2H3,(H,13,14). The fourth-order valence-electron chi connectivity index (χ4n) is 2.86. The van der Waals surface area contributed by atoms with E-state index >= 15 is 0 Å². The van der Waals surface area contributed by atoms with Crippen LogP contribution in [0.2, 0.25) is 0 Å². The van der Waals surface area contributed by atoms with Crippen LogP contribution in [0.25, 0.3) is 0 Å². The number of ether oxygens (including phenoxy) is 1. The van der Waals surface area contributed by atoms with E-state index in [1.54, 1.807) is 0 Å². The van der Waals surface area contributed by atoms with E-state index in [1.165, 1.54) is 11.9 Å². The summed E-state index contributed by atoms with van der Waals surface area (Å²) in [5.74, 6) is -1.09. The Morgan fingerprint density at radius 2 is 2.19 bits per heavy atom. The number of hydrogen-bond donors (Lipinski definition) is 1. The lowest BCUT2D eigenvalue weighted by molar-refractivity contribution is -0.149. The van der Waals surface area contributed by atoms with Gasteiger partial charge in [0, 0.05) is 7.05 Å². The molecule has 0 aromatic carbocycles. The Kier molecular flexibility index (Phi) is 2.66. The molecule has 0 saturated carbocycles. The van der Waals surface area contributed by atoms with Crippen molar-refractivity contribution in [1.82, 2.24) is 4.90 Å². The Morgan fingerprint density at radius 3 is 2.62 bits per heavy atom. The SMILES string of the molecule is CN(CC(=O)O)C(=O)C1(C)CC2CCC1O2. The van der Waals surface area contributed by atoms with Crippen LogP contribution in [0.15, 0.2) is 0 Å². The Bertz CT molecular complexity index is 330. The van der Waals surface area contributed by atoms with Gasteiger partial charge in [0.1, 0.15) is 6.54 Å². The van der Waals surface area contributed by atoms with E-state index in [-0.39, 0.29) is 24.7 Å². The van der Waals surface area contributed by atoms with Gasteiger partial charge in [-0.3, -0.25) is 9.59 Å². The Labute approximate surface area is 94.4 Å². The van der Waals surface area contributed by atoms with Crippen LogP contribution in [0, 0.1) is 5.41 Å². The molecule has 1 amide bonds. The monoisotopic (exact) mass is 227 g/mol. The van der Waals surface area contributed by atoms with Gasteiger partial charge in [-0.15, -0.1) is 0 Å². The van der Waals surface area contributed by atoms with Gasteiger partial charge >= 0.3 is 5.97 Å². The van der Waals surface area contributed by atoms with E-state index in [1.807, 2.05) is 6.92 Å². The third-order valence-electron chi connectivity index (χ3n) is 3.68. The molecule has 0 aromatic rings. The van der Waals surface area contributed by atoms with Gasteiger partial charge in [0.05, 0.1) is 17.6 Å². The lowest BCUT2D eigenvalue weighted by atomic mass is 9.74. The number of fused-ring (bicyclic) bond motifs is 2. The summed E-state index contributed by atoms with van der Waals surface area (Å²) in [6.07, 6.45) is 2.82. The molecular weight excluding hydrogens is 210 g/mol. The maximum absolute atomic E-state index is 12.2. The van der Waals surface area contributed by atoms with E-state index in [2.05, 4.69) is 0 Å². The van der Waals surface area contributed by atoms with Crippen molar-refractivity contribution in [3.8, 4) is 0 Å². The first kappa shape index (κ1) is 11.4. The zero-order valence-corrected chi connectivity index (χ0v) is 9.60. The highest BCUT2D eigenvalue weighted by molar-refractivity contribution is 5.86. The van der Waals surface area contributed by atoms with Gasteiger partial charge in [0.15, 0.2) is 0 Å². The van der Waals surface area contributed by atoms with E-state index in [0.29, 0.717) is 0 Å². The molecule has 2 bridgehead atoms. The van der Waals surface area contributed by atoms with Gasteiger partial charge in [-0.2, -0.15) is 0 Å². The summed E-state index contributed by atoms with van der Waals surface area (Å²) in [6, 6.07) is 0. The number of aliphatic carboxylic acids is 1. The van der Waals surface area contributed by atoms with Crippen LogP contribution in [0.1, 0.15) is 26.2 Å². The Hall–Kier alpha value is -1.10. The van der Waals surface area contributed by atoms with Gasteiger partial charge < -0.3 is 14.7 Å². The summed E-state index contributed by atoms with van der Waals surface area (Å²) in [4.78, 5) is 24.0. The highest BCUT2D eigenvalue weighted by Gasteiger charge is 2.54. The average Bonchev–Trinajstić information content (AvgIpc) is 2.75. The molecule has 2 aliphatic heterocycles. The third-order valence-corrected chi connectivity index (χ3v) is 3.68. The minimum Gasteiger partial charge on any atom is -0.480 e. The summed E-state index contributed by atoms with van der Waals surface area (Å²) in [7, 11) is 1.54. The number of nitrogens with zero attached hydrogens (tertiary/aromatic N) is 1. The number of likely N-dealkylation sites (N-methyl/N-ethyl adjacent to an activating group) is 1. The number of carbonyl (C=O) groups excluding carboxylic acids is 1.